The van der Waals surface area contributed by atoms with E-state index in [1.54, 1.807) is 0 Å². The molecule has 0 spiro atoms. The van der Waals surface area contributed by atoms with Crippen LogP contribution in [0.1, 0.15) is 19.4 Å². The van der Waals surface area contributed by atoms with Gasteiger partial charge in [-0.2, -0.15) is 0 Å². The van der Waals surface area contributed by atoms with E-state index in [4.69, 9.17) is 5.73 Å². The highest BCUT2D eigenvalue weighted by molar-refractivity contribution is 9.10. The van der Waals surface area contributed by atoms with Gasteiger partial charge in [0.2, 0.25) is 0 Å². The minimum atomic E-state index is 0.606. The zero-order valence-electron chi connectivity index (χ0n) is 11.9. The second kappa shape index (κ2) is 6.73. The van der Waals surface area contributed by atoms with E-state index in [2.05, 4.69) is 57.8 Å². The minimum absolute atomic E-state index is 0.606. The summed E-state index contributed by atoms with van der Waals surface area (Å²) in [6.07, 6.45) is 0. The highest BCUT2D eigenvalue weighted by Crippen LogP contribution is 2.26. The molecule has 1 fully saturated rings. The van der Waals surface area contributed by atoms with Crippen molar-refractivity contribution >= 4 is 21.6 Å². The molecule has 4 heteroatoms. The Hall–Kier alpha value is -0.580. The van der Waals surface area contributed by atoms with Gasteiger partial charge < -0.3 is 10.6 Å². The molecule has 0 radical (unpaired) electrons. The van der Waals surface area contributed by atoms with E-state index in [-0.39, 0.29) is 0 Å². The second-order valence-corrected chi connectivity index (χ2v) is 6.57. The molecule has 1 heterocycles. The van der Waals surface area contributed by atoms with E-state index in [1.807, 2.05) is 0 Å². The monoisotopic (exact) mass is 325 g/mol. The lowest BCUT2D eigenvalue weighted by atomic mass is 10.1. The minimum Gasteiger partial charge on any atom is -0.369 e. The number of nitrogens with zero attached hydrogens (tertiary/aromatic N) is 2. The van der Waals surface area contributed by atoms with Gasteiger partial charge in [0, 0.05) is 49.4 Å². The molecule has 2 N–H and O–H groups in total. The summed E-state index contributed by atoms with van der Waals surface area (Å²) >= 11 is 3.56. The fraction of sp³-hybridized carbons (Fsp3) is 0.600. The molecule has 106 valence electrons. The maximum Gasteiger partial charge on any atom is 0.0423 e. The molecule has 2 rings (SSSR count). The average molecular weight is 326 g/mol. The fourth-order valence-electron chi connectivity index (χ4n) is 2.69. The molecule has 1 aromatic rings. The Morgan fingerprint density at radius 3 is 2.47 bits per heavy atom. The molecular formula is C15H24BrN3. The van der Waals surface area contributed by atoms with Crippen molar-refractivity contribution in [2.75, 3.05) is 37.6 Å². The molecule has 1 aliphatic rings. The number of benzene rings is 1. The summed E-state index contributed by atoms with van der Waals surface area (Å²) in [7, 11) is 0. The van der Waals surface area contributed by atoms with Crippen molar-refractivity contribution < 1.29 is 0 Å². The van der Waals surface area contributed by atoms with Crippen molar-refractivity contribution in [1.29, 1.82) is 0 Å². The first-order valence-electron chi connectivity index (χ1n) is 7.06. The van der Waals surface area contributed by atoms with Gasteiger partial charge in [-0.15, -0.1) is 0 Å². The molecule has 0 bridgehead atoms. The van der Waals surface area contributed by atoms with Crippen LogP contribution in [-0.4, -0.2) is 37.6 Å². The van der Waals surface area contributed by atoms with Crippen LogP contribution < -0.4 is 10.6 Å². The van der Waals surface area contributed by atoms with Crippen LogP contribution in [0.5, 0.6) is 0 Å². The number of piperazine rings is 1. The van der Waals surface area contributed by atoms with Gasteiger partial charge >= 0.3 is 0 Å². The van der Waals surface area contributed by atoms with E-state index < -0.39 is 0 Å². The standard InChI is InChI=1S/C15H24BrN3/c1-12(2)11-18-5-7-19(8-6-18)15-9-14(16)4-3-13(15)10-17/h3-4,9,12H,5-8,10-11,17H2,1-2H3. The molecule has 3 nitrogen and oxygen atoms in total. The van der Waals surface area contributed by atoms with Crippen LogP contribution in [0.4, 0.5) is 5.69 Å². The maximum atomic E-state index is 5.85. The Morgan fingerprint density at radius 1 is 1.21 bits per heavy atom. The van der Waals surface area contributed by atoms with E-state index >= 15 is 0 Å². The molecule has 1 aliphatic heterocycles. The molecule has 0 saturated carbocycles. The van der Waals surface area contributed by atoms with Gasteiger partial charge in [-0.05, 0) is 23.6 Å². The third kappa shape index (κ3) is 3.94. The van der Waals surface area contributed by atoms with Crippen LogP contribution in [0.3, 0.4) is 0 Å². The van der Waals surface area contributed by atoms with Crippen LogP contribution in [-0.2, 0) is 6.54 Å². The summed E-state index contributed by atoms with van der Waals surface area (Å²) < 4.78 is 1.13. The summed E-state index contributed by atoms with van der Waals surface area (Å²) in [5, 5.41) is 0. The van der Waals surface area contributed by atoms with Gasteiger partial charge in [0.1, 0.15) is 0 Å². The van der Waals surface area contributed by atoms with Crippen LogP contribution in [0, 0.1) is 5.92 Å². The highest BCUT2D eigenvalue weighted by Gasteiger charge is 2.19. The number of rotatable bonds is 4. The molecular weight excluding hydrogens is 302 g/mol. The summed E-state index contributed by atoms with van der Waals surface area (Å²) in [6.45, 7) is 10.9. The molecule has 0 unspecified atom stereocenters. The van der Waals surface area contributed by atoms with Gasteiger partial charge in [-0.25, -0.2) is 0 Å². The molecule has 19 heavy (non-hydrogen) atoms. The van der Waals surface area contributed by atoms with E-state index in [0.717, 1.165) is 36.6 Å². The molecule has 0 aliphatic carbocycles. The van der Waals surface area contributed by atoms with Gasteiger partial charge in [-0.1, -0.05) is 35.8 Å². The zero-order valence-corrected chi connectivity index (χ0v) is 13.5. The van der Waals surface area contributed by atoms with E-state index in [0.29, 0.717) is 6.54 Å². The summed E-state index contributed by atoms with van der Waals surface area (Å²) in [5.41, 5.74) is 8.38. The number of hydrogen-bond acceptors (Lipinski definition) is 3. The first-order chi connectivity index (χ1) is 9.10. The van der Waals surface area contributed by atoms with Crippen LogP contribution >= 0.6 is 15.9 Å². The lowest BCUT2D eigenvalue weighted by molar-refractivity contribution is 0.231. The van der Waals surface area contributed by atoms with Crippen molar-refractivity contribution in [1.82, 2.24) is 4.90 Å². The molecule has 1 aromatic carbocycles. The first-order valence-corrected chi connectivity index (χ1v) is 7.85. The molecule has 0 aromatic heterocycles. The summed E-state index contributed by atoms with van der Waals surface area (Å²) in [6, 6.07) is 6.39. The number of hydrogen-bond donors (Lipinski definition) is 1. The lowest BCUT2D eigenvalue weighted by Gasteiger charge is -2.37. The normalized spacial score (nSPS) is 17.2. The Bertz CT molecular complexity index is 412. The van der Waals surface area contributed by atoms with Crippen LogP contribution in [0.2, 0.25) is 0 Å². The quantitative estimate of drug-likeness (QED) is 0.923. The van der Waals surface area contributed by atoms with Gasteiger partial charge in [0.25, 0.3) is 0 Å². The Morgan fingerprint density at radius 2 is 1.89 bits per heavy atom. The number of nitrogens with two attached hydrogens (primary N) is 1. The Labute approximate surface area is 124 Å². The maximum absolute atomic E-state index is 5.85. The third-order valence-electron chi connectivity index (χ3n) is 3.60. The fourth-order valence-corrected chi connectivity index (χ4v) is 3.04. The third-order valence-corrected chi connectivity index (χ3v) is 4.10. The molecule has 1 saturated heterocycles. The average Bonchev–Trinajstić information content (AvgIpc) is 2.39. The van der Waals surface area contributed by atoms with E-state index in [1.165, 1.54) is 17.8 Å². The van der Waals surface area contributed by atoms with Gasteiger partial charge in [-0.3, -0.25) is 4.90 Å². The highest BCUT2D eigenvalue weighted by atomic mass is 79.9. The SMILES string of the molecule is CC(C)CN1CCN(c2cc(Br)ccc2CN)CC1. The second-order valence-electron chi connectivity index (χ2n) is 5.66. The smallest absolute Gasteiger partial charge is 0.0423 e. The molecule has 0 amide bonds. The predicted molar refractivity (Wildman–Crippen MR) is 85.5 cm³/mol. The van der Waals surface area contributed by atoms with Crippen molar-refractivity contribution in [3.63, 3.8) is 0 Å². The number of halogens is 1. The summed E-state index contributed by atoms with van der Waals surface area (Å²) in [5.74, 6) is 0.747. The Balaban J connectivity index is 2.03. The topological polar surface area (TPSA) is 32.5 Å². The van der Waals surface area contributed by atoms with Crippen molar-refractivity contribution in [2.24, 2.45) is 11.7 Å². The van der Waals surface area contributed by atoms with Gasteiger partial charge in [0.15, 0.2) is 0 Å². The largest absolute Gasteiger partial charge is 0.369 e. The van der Waals surface area contributed by atoms with E-state index in [9.17, 15) is 0 Å². The van der Waals surface area contributed by atoms with Crippen molar-refractivity contribution in [3.05, 3.63) is 28.2 Å². The number of anilines is 1. The predicted octanol–water partition coefficient (Wildman–Crippen LogP) is 2.69. The van der Waals surface area contributed by atoms with Gasteiger partial charge in [0.05, 0.1) is 0 Å². The molecule has 0 atom stereocenters. The van der Waals surface area contributed by atoms with Crippen LogP contribution in [0.25, 0.3) is 0 Å². The van der Waals surface area contributed by atoms with Crippen molar-refractivity contribution in [3.8, 4) is 0 Å². The van der Waals surface area contributed by atoms with Crippen LogP contribution in [0.15, 0.2) is 22.7 Å². The first kappa shape index (κ1) is 14.8. The Kier molecular flexibility index (Phi) is 5.25. The van der Waals surface area contributed by atoms with Crippen molar-refractivity contribution in [2.45, 2.75) is 20.4 Å². The zero-order chi connectivity index (χ0) is 13.8. The lowest BCUT2D eigenvalue weighted by Crippen LogP contribution is -2.47. The summed E-state index contributed by atoms with van der Waals surface area (Å²) in [4.78, 5) is 5.02.